The maximum Gasteiger partial charge on any atom is 0.264 e. The van der Waals surface area contributed by atoms with E-state index in [9.17, 15) is 20.0 Å². The van der Waals surface area contributed by atoms with Crippen molar-refractivity contribution in [1.29, 1.82) is 5.26 Å². The molecule has 0 radical (unpaired) electrons. The van der Waals surface area contributed by atoms with Crippen molar-refractivity contribution < 1.29 is 23.8 Å². The third-order valence-corrected chi connectivity index (χ3v) is 9.28. The summed E-state index contributed by atoms with van der Waals surface area (Å²) < 4.78 is 22.9. The number of hydrogen-bond acceptors (Lipinski definition) is 5. The Hall–Kier alpha value is -5.69. The lowest BCUT2D eigenvalue weighted by Gasteiger charge is -2.34. The largest absolute Gasteiger partial charge is 0.490 e. The quantitative estimate of drug-likeness (QED) is 0.159. The Morgan fingerprint density at radius 3 is 2.56 bits per heavy atom. The highest BCUT2D eigenvalue weighted by atomic mass is 35.5. The van der Waals surface area contributed by atoms with Crippen molar-refractivity contribution in [2.24, 2.45) is 7.05 Å². The van der Waals surface area contributed by atoms with Crippen molar-refractivity contribution in [3.63, 3.8) is 0 Å². The summed E-state index contributed by atoms with van der Waals surface area (Å²) in [5.41, 5.74) is 4.68. The van der Waals surface area contributed by atoms with Gasteiger partial charge in [-0.15, -0.1) is 0 Å². The Bertz CT molecular complexity index is 2150. The Morgan fingerprint density at radius 2 is 1.84 bits per heavy atom. The minimum Gasteiger partial charge on any atom is -0.490 e. The van der Waals surface area contributed by atoms with Gasteiger partial charge in [0.15, 0.2) is 0 Å². The number of carbonyl (C=O) groups excluding carboxylic acids is 2. The van der Waals surface area contributed by atoms with E-state index in [0.29, 0.717) is 52.1 Å². The number of hydrogen-bond donors (Lipinski definition) is 1. The molecule has 6 rings (SSSR count). The van der Waals surface area contributed by atoms with E-state index in [2.05, 4.69) is 6.58 Å². The van der Waals surface area contributed by atoms with Crippen LogP contribution in [0.5, 0.6) is 5.75 Å². The first kappa shape index (κ1) is 34.2. The number of aromatic nitrogens is 1. The van der Waals surface area contributed by atoms with Crippen molar-refractivity contribution >= 4 is 34.8 Å². The number of ether oxygens (including phenoxy) is 1. The zero-order valence-corrected chi connectivity index (χ0v) is 28.3. The van der Waals surface area contributed by atoms with Gasteiger partial charge in [-0.25, -0.2) is 4.39 Å². The molecule has 0 spiro atoms. The predicted molar refractivity (Wildman–Crippen MR) is 191 cm³/mol. The molecule has 5 aromatic rings. The second-order valence-corrected chi connectivity index (χ2v) is 12.5. The molecule has 1 aromatic heterocycles. The summed E-state index contributed by atoms with van der Waals surface area (Å²) in [6, 6.07) is 26.9. The predicted octanol–water partition coefficient (Wildman–Crippen LogP) is 7.94. The molecule has 4 aromatic carbocycles. The van der Waals surface area contributed by atoms with Crippen LogP contribution in [0.25, 0.3) is 11.3 Å². The molecular weight excluding hydrogens is 655 g/mol. The van der Waals surface area contributed by atoms with Gasteiger partial charge in [-0.2, -0.15) is 5.26 Å². The van der Waals surface area contributed by atoms with E-state index in [1.165, 1.54) is 17.0 Å². The Labute approximate surface area is 294 Å². The first-order valence-corrected chi connectivity index (χ1v) is 16.3. The van der Waals surface area contributed by atoms with Crippen LogP contribution in [0.3, 0.4) is 0 Å². The maximum atomic E-state index is 15.5. The van der Waals surface area contributed by atoms with Crippen molar-refractivity contribution in [2.75, 3.05) is 24.7 Å². The number of fused-ring (bicyclic) bond motifs is 1. The zero-order chi connectivity index (χ0) is 35.5. The molecule has 2 amide bonds. The topological polar surface area (TPSA) is 98.8 Å². The lowest BCUT2D eigenvalue weighted by atomic mass is 9.89. The Kier molecular flexibility index (Phi) is 9.86. The molecule has 0 saturated carbocycles. The highest BCUT2D eigenvalue weighted by molar-refractivity contribution is 6.31. The van der Waals surface area contributed by atoms with Crippen LogP contribution in [-0.4, -0.2) is 46.1 Å². The number of nitriles is 1. The van der Waals surface area contributed by atoms with E-state index < -0.39 is 11.7 Å². The van der Waals surface area contributed by atoms with Crippen LogP contribution in [0.2, 0.25) is 5.02 Å². The fourth-order valence-electron chi connectivity index (χ4n) is 6.37. The van der Waals surface area contributed by atoms with Crippen LogP contribution in [0.15, 0.2) is 104 Å². The van der Waals surface area contributed by atoms with Crippen LogP contribution < -0.4 is 9.64 Å². The average Bonchev–Trinajstić information content (AvgIpc) is 3.44. The third kappa shape index (κ3) is 6.51. The van der Waals surface area contributed by atoms with Crippen LogP contribution in [-0.2, 0) is 13.6 Å². The lowest BCUT2D eigenvalue weighted by molar-refractivity contribution is 0.0698. The third-order valence-electron chi connectivity index (χ3n) is 9.04. The standard InChI is InChI=1S/C40H34ClFN4O4/c1-4-17-50-31-13-11-30(12-14-31)46(38-18-26(21-43)9-16-36(38)42)40(49)34-20-37(44(3)25(34)2)35-19-29(41)10-15-33(35)39(48)45-22-27-7-5-6-8-32(27)28(23-45)24-47/h4-16,18-20,28,47H,1,17,22-24H2,2-3H3. The number of halogens is 2. The molecule has 1 atom stereocenters. The van der Waals surface area contributed by atoms with E-state index in [1.807, 2.05) is 30.3 Å². The smallest absolute Gasteiger partial charge is 0.264 e. The minimum absolute atomic E-state index is 0.0962. The molecule has 0 bridgehead atoms. The number of rotatable bonds is 9. The fraction of sp³-hybridized carbons (Fsp3) is 0.175. The van der Waals surface area contributed by atoms with E-state index >= 15 is 4.39 Å². The second kappa shape index (κ2) is 14.4. The van der Waals surface area contributed by atoms with Crippen molar-refractivity contribution in [1.82, 2.24) is 9.47 Å². The van der Waals surface area contributed by atoms with E-state index in [0.717, 1.165) is 17.2 Å². The first-order valence-electron chi connectivity index (χ1n) is 16.0. The lowest BCUT2D eigenvalue weighted by Crippen LogP contribution is -2.39. The van der Waals surface area contributed by atoms with Gasteiger partial charge in [-0.1, -0.05) is 48.5 Å². The maximum absolute atomic E-state index is 15.5. The second-order valence-electron chi connectivity index (χ2n) is 12.1. The summed E-state index contributed by atoms with van der Waals surface area (Å²) in [5, 5.41) is 20.2. The molecule has 8 nitrogen and oxygen atoms in total. The number of nitrogens with zero attached hydrogens (tertiary/aromatic N) is 4. The number of aliphatic hydroxyl groups is 1. The monoisotopic (exact) mass is 688 g/mol. The van der Waals surface area contributed by atoms with Crippen molar-refractivity contribution in [3.05, 3.63) is 148 Å². The SMILES string of the molecule is C=CCOc1ccc(N(C(=O)c2cc(-c3cc(Cl)ccc3C(=O)N3Cc4ccccc4C(CO)C3)n(C)c2C)c2cc(C#N)ccc2F)cc1. The van der Waals surface area contributed by atoms with Gasteiger partial charge in [0.2, 0.25) is 0 Å². The number of amides is 2. The first-order chi connectivity index (χ1) is 24.1. The molecule has 50 heavy (non-hydrogen) atoms. The summed E-state index contributed by atoms with van der Waals surface area (Å²) >= 11 is 6.51. The molecule has 0 saturated heterocycles. The van der Waals surface area contributed by atoms with Crippen LogP contribution >= 0.6 is 11.6 Å². The van der Waals surface area contributed by atoms with Gasteiger partial charge in [0, 0.05) is 59.3 Å². The normalized spacial score (nSPS) is 13.7. The number of carbonyl (C=O) groups is 2. The van der Waals surface area contributed by atoms with Gasteiger partial charge >= 0.3 is 0 Å². The highest BCUT2D eigenvalue weighted by Crippen LogP contribution is 2.37. The summed E-state index contributed by atoms with van der Waals surface area (Å²) in [5.74, 6) is -1.18. The molecule has 1 aliphatic rings. The zero-order valence-electron chi connectivity index (χ0n) is 27.6. The molecule has 1 aliphatic heterocycles. The van der Waals surface area contributed by atoms with Gasteiger partial charge in [0.25, 0.3) is 11.8 Å². The molecular formula is C40H34ClFN4O4. The van der Waals surface area contributed by atoms with Gasteiger partial charge < -0.3 is 19.3 Å². The van der Waals surface area contributed by atoms with Crippen LogP contribution in [0.4, 0.5) is 15.8 Å². The van der Waals surface area contributed by atoms with Gasteiger partial charge in [0.1, 0.15) is 18.2 Å². The van der Waals surface area contributed by atoms with Gasteiger partial charge in [-0.3, -0.25) is 14.5 Å². The minimum atomic E-state index is -0.690. The average molecular weight is 689 g/mol. The summed E-state index contributed by atoms with van der Waals surface area (Å²) in [4.78, 5) is 31.7. The summed E-state index contributed by atoms with van der Waals surface area (Å²) in [6.07, 6.45) is 1.61. The molecule has 252 valence electrons. The highest BCUT2D eigenvalue weighted by Gasteiger charge is 2.31. The molecule has 1 unspecified atom stereocenters. The molecule has 10 heteroatoms. The Balaban J connectivity index is 1.42. The van der Waals surface area contributed by atoms with Crippen molar-refractivity contribution in [3.8, 4) is 23.1 Å². The Morgan fingerprint density at radius 1 is 1.08 bits per heavy atom. The summed E-state index contributed by atoms with van der Waals surface area (Å²) in [7, 11) is 1.78. The molecule has 0 fully saturated rings. The van der Waals surface area contributed by atoms with E-state index in [1.54, 1.807) is 78.0 Å². The van der Waals surface area contributed by atoms with Crippen molar-refractivity contribution in [2.45, 2.75) is 19.4 Å². The van der Waals surface area contributed by atoms with Gasteiger partial charge in [-0.05, 0) is 84.8 Å². The van der Waals surface area contributed by atoms with Crippen LogP contribution in [0.1, 0.15) is 49.0 Å². The summed E-state index contributed by atoms with van der Waals surface area (Å²) in [6.45, 7) is 6.32. The molecule has 1 N–H and O–H groups in total. The van der Waals surface area contributed by atoms with Gasteiger partial charge in [0.05, 0.1) is 29.5 Å². The number of benzene rings is 4. The van der Waals surface area contributed by atoms with E-state index in [4.69, 9.17) is 16.3 Å². The number of aliphatic hydroxyl groups excluding tert-OH is 1. The fourth-order valence-corrected chi connectivity index (χ4v) is 6.54. The molecule has 2 heterocycles. The molecule has 0 aliphatic carbocycles. The number of anilines is 2. The van der Waals surface area contributed by atoms with E-state index in [-0.39, 0.29) is 41.9 Å². The van der Waals surface area contributed by atoms with Crippen LogP contribution in [0, 0.1) is 24.1 Å².